The van der Waals surface area contributed by atoms with Crippen molar-refractivity contribution < 1.29 is 13.9 Å². The van der Waals surface area contributed by atoms with Crippen LogP contribution in [0.25, 0.3) is 11.6 Å². The average Bonchev–Trinajstić information content (AvgIpc) is 3.26. The smallest absolute Gasteiger partial charge is 0.317 e. The number of carbonyl (C=O) groups excluding carboxylic acids is 1. The van der Waals surface area contributed by atoms with E-state index < -0.39 is 6.17 Å². The molecule has 0 aliphatic carbocycles. The van der Waals surface area contributed by atoms with Gasteiger partial charge in [0.25, 0.3) is 5.89 Å². The molecule has 1 N–H and O–H groups in total. The van der Waals surface area contributed by atoms with Crippen molar-refractivity contribution in [3.63, 3.8) is 0 Å². The summed E-state index contributed by atoms with van der Waals surface area (Å²) in [5, 5.41) is 11.2. The Bertz CT molecular complexity index is 1350. The third kappa shape index (κ3) is 4.20. The Morgan fingerprint density at radius 2 is 1.82 bits per heavy atom. The molecule has 3 heterocycles. The van der Waals surface area contributed by atoms with Crippen LogP contribution in [0.5, 0.6) is 5.75 Å². The van der Waals surface area contributed by atoms with Crippen LogP contribution >= 0.6 is 11.6 Å². The number of ether oxygens (including phenoxy) is 1. The molecular weight excluding hydrogens is 442 g/mol. The Balaban J connectivity index is 1.47. The molecule has 9 heteroatoms. The summed E-state index contributed by atoms with van der Waals surface area (Å²) in [4.78, 5) is 22.0. The average molecular weight is 460 g/mol. The second-order valence-corrected chi connectivity index (χ2v) is 7.65. The summed E-state index contributed by atoms with van der Waals surface area (Å²) in [6, 6.07) is 20.9. The predicted molar refractivity (Wildman–Crippen MR) is 124 cm³/mol. The SMILES string of the molecule is COc1ccc(-c2nnc(N[C@H]3N=C(c4ccccc4)c4ccccc4CC3=O)o2)nc1Cl. The highest BCUT2D eigenvalue weighted by Gasteiger charge is 2.27. The summed E-state index contributed by atoms with van der Waals surface area (Å²) in [5.41, 5.74) is 3.85. The van der Waals surface area contributed by atoms with E-state index in [0.29, 0.717) is 11.4 Å². The summed E-state index contributed by atoms with van der Waals surface area (Å²) in [6.07, 6.45) is -0.669. The molecule has 1 aliphatic rings. The number of fused-ring (bicyclic) bond motifs is 1. The van der Waals surface area contributed by atoms with E-state index in [1.807, 2.05) is 54.6 Å². The van der Waals surface area contributed by atoms with Crippen molar-refractivity contribution in [3.05, 3.63) is 88.6 Å². The van der Waals surface area contributed by atoms with Crippen molar-refractivity contribution in [1.29, 1.82) is 0 Å². The number of carbonyl (C=O) groups is 1. The highest BCUT2D eigenvalue weighted by molar-refractivity contribution is 6.30. The van der Waals surface area contributed by atoms with Crippen molar-refractivity contribution >= 4 is 29.1 Å². The minimum Gasteiger partial charge on any atom is -0.494 e. The van der Waals surface area contributed by atoms with Crippen LogP contribution in [0.1, 0.15) is 16.7 Å². The molecule has 0 spiro atoms. The van der Waals surface area contributed by atoms with Gasteiger partial charge >= 0.3 is 6.01 Å². The Hall–Kier alpha value is -4.04. The number of rotatable bonds is 5. The number of methoxy groups -OCH3 is 1. The molecule has 5 rings (SSSR count). The van der Waals surface area contributed by atoms with Crippen LogP contribution < -0.4 is 10.1 Å². The van der Waals surface area contributed by atoms with Gasteiger partial charge in [0, 0.05) is 17.5 Å². The van der Waals surface area contributed by atoms with Crippen molar-refractivity contribution in [2.24, 2.45) is 4.99 Å². The fraction of sp³-hybridized carbons (Fsp3) is 0.125. The molecule has 0 radical (unpaired) electrons. The lowest BCUT2D eigenvalue weighted by molar-refractivity contribution is -0.119. The first kappa shape index (κ1) is 20.8. The van der Waals surface area contributed by atoms with Crippen LogP contribution in [-0.4, -0.2) is 40.0 Å². The Morgan fingerprint density at radius 3 is 2.61 bits per heavy atom. The number of pyridine rings is 1. The largest absolute Gasteiger partial charge is 0.494 e. The molecule has 1 atom stereocenters. The molecule has 2 aromatic heterocycles. The van der Waals surface area contributed by atoms with Gasteiger partial charge < -0.3 is 14.5 Å². The molecule has 0 saturated heterocycles. The highest BCUT2D eigenvalue weighted by Crippen LogP contribution is 2.27. The number of hydrogen-bond donors (Lipinski definition) is 1. The fourth-order valence-electron chi connectivity index (χ4n) is 3.59. The normalized spacial score (nSPS) is 15.4. The molecular formula is C24H18ClN5O3. The van der Waals surface area contributed by atoms with Gasteiger partial charge in [-0.15, -0.1) is 5.10 Å². The lowest BCUT2D eigenvalue weighted by Gasteiger charge is -2.11. The van der Waals surface area contributed by atoms with E-state index in [1.54, 1.807) is 12.1 Å². The number of Topliss-reactive ketones (excluding diaryl/α,β-unsaturated/α-hetero) is 1. The summed E-state index contributed by atoms with van der Waals surface area (Å²) in [6.45, 7) is 0. The number of anilines is 1. The molecule has 33 heavy (non-hydrogen) atoms. The number of nitrogens with one attached hydrogen (secondary N) is 1. The summed E-state index contributed by atoms with van der Waals surface area (Å²) in [5.74, 6) is 0.474. The molecule has 0 saturated carbocycles. The van der Waals surface area contributed by atoms with E-state index in [9.17, 15) is 4.79 Å². The first-order valence-electron chi connectivity index (χ1n) is 10.2. The molecule has 8 nitrogen and oxygen atoms in total. The van der Waals surface area contributed by atoms with E-state index in [-0.39, 0.29) is 29.3 Å². The number of ketones is 1. The molecule has 1 aliphatic heterocycles. The van der Waals surface area contributed by atoms with Gasteiger partial charge in [0.2, 0.25) is 0 Å². The second kappa shape index (κ2) is 8.84. The van der Waals surface area contributed by atoms with Gasteiger partial charge in [-0.2, -0.15) is 0 Å². The minimum atomic E-state index is -0.895. The monoisotopic (exact) mass is 459 g/mol. The topological polar surface area (TPSA) is 102 Å². The van der Waals surface area contributed by atoms with Gasteiger partial charge in [-0.3, -0.25) is 9.79 Å². The number of benzene rings is 2. The van der Waals surface area contributed by atoms with Crippen LogP contribution in [0.4, 0.5) is 6.01 Å². The van der Waals surface area contributed by atoms with Crippen LogP contribution in [0, 0.1) is 0 Å². The van der Waals surface area contributed by atoms with Crippen LogP contribution in [0.15, 0.2) is 76.1 Å². The Morgan fingerprint density at radius 1 is 1.03 bits per heavy atom. The van der Waals surface area contributed by atoms with Gasteiger partial charge in [-0.1, -0.05) is 71.3 Å². The molecule has 0 fully saturated rings. The summed E-state index contributed by atoms with van der Waals surface area (Å²) < 4.78 is 10.8. The van der Waals surface area contributed by atoms with Gasteiger partial charge in [0.15, 0.2) is 22.9 Å². The Kier molecular flexibility index (Phi) is 5.58. The maximum atomic E-state index is 13.0. The van der Waals surface area contributed by atoms with E-state index in [2.05, 4.69) is 20.5 Å². The van der Waals surface area contributed by atoms with Gasteiger partial charge in [0.05, 0.1) is 12.8 Å². The van der Waals surface area contributed by atoms with Crippen LogP contribution in [0.3, 0.4) is 0 Å². The van der Waals surface area contributed by atoms with Crippen molar-refractivity contribution in [2.45, 2.75) is 12.6 Å². The summed E-state index contributed by atoms with van der Waals surface area (Å²) in [7, 11) is 1.50. The quantitative estimate of drug-likeness (QED) is 0.446. The number of halogens is 1. The molecule has 0 amide bonds. The zero-order valence-corrected chi connectivity index (χ0v) is 18.3. The third-order valence-electron chi connectivity index (χ3n) is 5.19. The second-order valence-electron chi connectivity index (χ2n) is 7.29. The first-order valence-corrected chi connectivity index (χ1v) is 10.6. The van der Waals surface area contributed by atoms with E-state index in [0.717, 1.165) is 22.4 Å². The number of nitrogens with zero attached hydrogens (tertiary/aromatic N) is 4. The summed E-state index contributed by atoms with van der Waals surface area (Å²) >= 11 is 6.09. The minimum absolute atomic E-state index is 0.0548. The van der Waals surface area contributed by atoms with Crippen LogP contribution in [-0.2, 0) is 11.2 Å². The molecule has 2 aromatic carbocycles. The lowest BCUT2D eigenvalue weighted by Crippen LogP contribution is -2.29. The molecule has 4 aromatic rings. The maximum absolute atomic E-state index is 13.0. The fourth-order valence-corrected chi connectivity index (χ4v) is 3.83. The van der Waals surface area contributed by atoms with E-state index >= 15 is 0 Å². The van der Waals surface area contributed by atoms with Gasteiger partial charge in [-0.25, -0.2) is 4.98 Å². The number of hydrogen-bond acceptors (Lipinski definition) is 8. The molecule has 164 valence electrons. The van der Waals surface area contributed by atoms with Crippen molar-refractivity contribution in [2.75, 3.05) is 12.4 Å². The molecule has 0 unspecified atom stereocenters. The third-order valence-corrected chi connectivity index (χ3v) is 5.46. The standard InChI is InChI=1S/C24H18ClN5O3/c1-32-19-12-11-17(26-21(19)25)23-29-30-24(33-23)28-22-18(31)13-15-9-5-6-10-16(15)20(27-22)14-7-3-2-4-8-14/h2-12,22H,13H2,1H3,(H,28,30)/t22-/m1/s1. The van der Waals surface area contributed by atoms with Gasteiger partial charge in [0.1, 0.15) is 5.69 Å². The lowest BCUT2D eigenvalue weighted by atomic mass is 9.96. The predicted octanol–water partition coefficient (Wildman–Crippen LogP) is 4.19. The van der Waals surface area contributed by atoms with Crippen molar-refractivity contribution in [1.82, 2.24) is 15.2 Å². The molecule has 0 bridgehead atoms. The number of aliphatic imine (C=N–C) groups is 1. The van der Waals surface area contributed by atoms with Crippen LogP contribution in [0.2, 0.25) is 5.15 Å². The zero-order valence-electron chi connectivity index (χ0n) is 17.5. The highest BCUT2D eigenvalue weighted by atomic mass is 35.5. The van der Waals surface area contributed by atoms with Gasteiger partial charge in [-0.05, 0) is 17.7 Å². The number of aromatic nitrogens is 3. The maximum Gasteiger partial charge on any atom is 0.317 e. The van der Waals surface area contributed by atoms with Crippen molar-refractivity contribution in [3.8, 4) is 17.3 Å². The van der Waals surface area contributed by atoms with E-state index in [4.69, 9.17) is 25.7 Å². The zero-order chi connectivity index (χ0) is 22.8. The Labute approximate surface area is 194 Å². The first-order chi connectivity index (χ1) is 16.1. The van der Waals surface area contributed by atoms with E-state index in [1.165, 1.54) is 7.11 Å².